The fraction of sp³-hybridized carbons (Fsp3) is 0.632. The van der Waals surface area contributed by atoms with Crippen molar-refractivity contribution < 1.29 is 9.18 Å². The van der Waals surface area contributed by atoms with Crippen LogP contribution in [-0.2, 0) is 4.79 Å². The van der Waals surface area contributed by atoms with E-state index in [1.54, 1.807) is 12.1 Å². The lowest BCUT2D eigenvalue weighted by molar-refractivity contribution is -0.123. The lowest BCUT2D eigenvalue weighted by atomic mass is 9.82. The summed E-state index contributed by atoms with van der Waals surface area (Å²) in [6.45, 7) is 8.40. The third-order valence-electron chi connectivity index (χ3n) is 4.61. The van der Waals surface area contributed by atoms with Crippen LogP contribution in [0.2, 0.25) is 0 Å². The van der Waals surface area contributed by atoms with Gasteiger partial charge in [0, 0.05) is 6.42 Å². The van der Waals surface area contributed by atoms with Gasteiger partial charge in [-0.2, -0.15) is 0 Å². The van der Waals surface area contributed by atoms with Crippen molar-refractivity contribution in [2.24, 2.45) is 11.3 Å². The monoisotopic (exact) mass is 356 g/mol. The Labute approximate surface area is 151 Å². The zero-order valence-corrected chi connectivity index (χ0v) is 15.7. The highest BCUT2D eigenvalue weighted by Crippen LogP contribution is 2.33. The number of carbonyl (C=O) groups excluding carboxylic acids is 1. The predicted octanol–water partition coefficient (Wildman–Crippen LogP) is 4.23. The highest BCUT2D eigenvalue weighted by Gasteiger charge is 2.28. The largest absolute Gasteiger partial charge is 0.349 e. The van der Waals surface area contributed by atoms with E-state index < -0.39 is 0 Å². The maximum absolute atomic E-state index is 13.1. The van der Waals surface area contributed by atoms with Crippen molar-refractivity contribution in [2.75, 3.05) is 13.1 Å². The maximum Gasteiger partial charge on any atom is 0.220 e. The molecule has 1 fully saturated rings. The Hall–Kier alpha value is -1.13. The van der Waals surface area contributed by atoms with Crippen molar-refractivity contribution in [1.82, 2.24) is 10.6 Å². The first-order valence-corrected chi connectivity index (χ1v) is 8.62. The second-order valence-corrected chi connectivity index (χ2v) is 7.65. The summed E-state index contributed by atoms with van der Waals surface area (Å²) in [6.07, 6.45) is 3.84. The quantitative estimate of drug-likeness (QED) is 0.828. The van der Waals surface area contributed by atoms with Gasteiger partial charge in [-0.25, -0.2) is 4.39 Å². The molecule has 0 radical (unpaired) electrons. The van der Waals surface area contributed by atoms with Gasteiger partial charge in [0.05, 0.1) is 6.04 Å². The van der Waals surface area contributed by atoms with E-state index in [2.05, 4.69) is 31.4 Å². The molecule has 1 amide bonds. The van der Waals surface area contributed by atoms with Crippen molar-refractivity contribution in [3.63, 3.8) is 0 Å². The number of amides is 1. The molecule has 0 aliphatic carbocycles. The first kappa shape index (κ1) is 20.9. The van der Waals surface area contributed by atoms with Crippen molar-refractivity contribution >= 4 is 18.3 Å². The molecule has 5 heteroatoms. The maximum atomic E-state index is 13.1. The molecule has 0 spiro atoms. The minimum atomic E-state index is -0.251. The van der Waals surface area contributed by atoms with Gasteiger partial charge in [-0.3, -0.25) is 4.79 Å². The Morgan fingerprint density at radius 2 is 1.83 bits per heavy atom. The summed E-state index contributed by atoms with van der Waals surface area (Å²) < 4.78 is 13.1. The summed E-state index contributed by atoms with van der Waals surface area (Å²) in [4.78, 5) is 12.4. The molecule has 1 atom stereocenters. The van der Waals surface area contributed by atoms with Crippen LogP contribution in [0, 0.1) is 17.2 Å². The molecule has 0 saturated carbocycles. The summed E-state index contributed by atoms with van der Waals surface area (Å²) in [7, 11) is 0. The molecule has 1 aliphatic rings. The fourth-order valence-corrected chi connectivity index (χ4v) is 3.19. The van der Waals surface area contributed by atoms with Gasteiger partial charge >= 0.3 is 0 Å². The normalized spacial score (nSPS) is 17.0. The molecule has 1 aromatic rings. The lowest BCUT2D eigenvalue weighted by Crippen LogP contribution is -2.37. The van der Waals surface area contributed by atoms with Crippen LogP contribution in [0.5, 0.6) is 0 Å². The van der Waals surface area contributed by atoms with Gasteiger partial charge in [-0.15, -0.1) is 12.4 Å². The predicted molar refractivity (Wildman–Crippen MR) is 98.8 cm³/mol. The van der Waals surface area contributed by atoms with Crippen LogP contribution in [0.3, 0.4) is 0 Å². The van der Waals surface area contributed by atoms with Crippen molar-refractivity contribution in [1.29, 1.82) is 0 Å². The summed E-state index contributed by atoms with van der Waals surface area (Å²) >= 11 is 0. The van der Waals surface area contributed by atoms with Gasteiger partial charge in [0.15, 0.2) is 0 Å². The standard InChI is InChI=1S/C19H29FN2O.ClH/c1-19(2,3)18(15-5-7-16(20)8-6-15)22-17(23)9-4-14-10-12-21-13-11-14;/h5-8,14,18,21H,4,9-13H2,1-3H3,(H,22,23);1H. The molecule has 136 valence electrons. The molecule has 1 saturated heterocycles. The van der Waals surface area contributed by atoms with E-state index in [0.29, 0.717) is 12.3 Å². The molecule has 3 nitrogen and oxygen atoms in total. The van der Waals surface area contributed by atoms with E-state index in [1.165, 1.54) is 12.1 Å². The van der Waals surface area contributed by atoms with Crippen LogP contribution in [0.25, 0.3) is 0 Å². The van der Waals surface area contributed by atoms with E-state index >= 15 is 0 Å². The van der Waals surface area contributed by atoms with Crippen LogP contribution in [0.15, 0.2) is 24.3 Å². The molecule has 1 heterocycles. The van der Waals surface area contributed by atoms with Crippen molar-refractivity contribution in [2.45, 2.75) is 52.5 Å². The molecule has 24 heavy (non-hydrogen) atoms. The topological polar surface area (TPSA) is 41.1 Å². The van der Waals surface area contributed by atoms with Gasteiger partial charge in [-0.05, 0) is 61.4 Å². The fourth-order valence-electron chi connectivity index (χ4n) is 3.19. The molecule has 1 aromatic carbocycles. The lowest BCUT2D eigenvalue weighted by Gasteiger charge is -2.32. The highest BCUT2D eigenvalue weighted by molar-refractivity contribution is 5.85. The van der Waals surface area contributed by atoms with Gasteiger partial charge in [0.25, 0.3) is 0 Å². The number of rotatable bonds is 5. The zero-order chi connectivity index (χ0) is 16.9. The summed E-state index contributed by atoms with van der Waals surface area (Å²) in [6, 6.07) is 6.32. The van der Waals surface area contributed by atoms with Gasteiger partial charge in [0.2, 0.25) is 5.91 Å². The molecule has 0 bridgehead atoms. The van der Waals surface area contributed by atoms with Gasteiger partial charge in [-0.1, -0.05) is 32.9 Å². The number of benzene rings is 1. The molecule has 2 rings (SSSR count). The van der Waals surface area contributed by atoms with E-state index in [1.807, 2.05) is 0 Å². The van der Waals surface area contributed by atoms with Gasteiger partial charge < -0.3 is 10.6 Å². The van der Waals surface area contributed by atoms with Crippen LogP contribution in [-0.4, -0.2) is 19.0 Å². The van der Waals surface area contributed by atoms with Gasteiger partial charge in [0.1, 0.15) is 5.82 Å². The third-order valence-corrected chi connectivity index (χ3v) is 4.61. The minimum absolute atomic E-state index is 0. The number of hydrogen-bond acceptors (Lipinski definition) is 2. The number of halogens is 2. The van der Waals surface area contributed by atoms with Crippen LogP contribution in [0.4, 0.5) is 4.39 Å². The molecule has 0 aromatic heterocycles. The number of nitrogens with one attached hydrogen (secondary N) is 2. The summed E-state index contributed by atoms with van der Waals surface area (Å²) in [5, 5.41) is 6.50. The molecular formula is C19H30ClFN2O. The summed E-state index contributed by atoms with van der Waals surface area (Å²) in [5.41, 5.74) is 0.830. The number of piperidine rings is 1. The van der Waals surface area contributed by atoms with E-state index in [9.17, 15) is 9.18 Å². The molecule has 2 N–H and O–H groups in total. The SMILES string of the molecule is CC(C)(C)C(NC(=O)CCC1CCNCC1)c1ccc(F)cc1.Cl. The average Bonchev–Trinajstić information content (AvgIpc) is 2.52. The Morgan fingerprint density at radius 1 is 1.25 bits per heavy atom. The van der Waals surface area contributed by atoms with E-state index in [-0.39, 0.29) is 35.6 Å². The van der Waals surface area contributed by atoms with Crippen LogP contribution < -0.4 is 10.6 Å². The Kier molecular flexibility index (Phi) is 8.17. The Bertz CT molecular complexity index is 507. The Morgan fingerprint density at radius 3 is 2.38 bits per heavy atom. The second kappa shape index (κ2) is 9.38. The Balaban J connectivity index is 0.00000288. The number of carbonyl (C=O) groups is 1. The third kappa shape index (κ3) is 6.40. The smallest absolute Gasteiger partial charge is 0.220 e. The summed E-state index contributed by atoms with van der Waals surface area (Å²) in [5.74, 6) is 0.493. The number of hydrogen-bond donors (Lipinski definition) is 2. The molecule has 1 unspecified atom stereocenters. The molecular weight excluding hydrogens is 327 g/mol. The van der Waals surface area contributed by atoms with E-state index in [4.69, 9.17) is 0 Å². The minimum Gasteiger partial charge on any atom is -0.349 e. The first-order valence-electron chi connectivity index (χ1n) is 8.62. The van der Waals surface area contributed by atoms with Crippen molar-refractivity contribution in [3.05, 3.63) is 35.6 Å². The van der Waals surface area contributed by atoms with Crippen LogP contribution in [0.1, 0.15) is 58.1 Å². The van der Waals surface area contributed by atoms with Crippen LogP contribution >= 0.6 is 12.4 Å². The van der Waals surface area contributed by atoms with Crippen molar-refractivity contribution in [3.8, 4) is 0 Å². The highest BCUT2D eigenvalue weighted by atomic mass is 35.5. The molecule has 1 aliphatic heterocycles. The average molecular weight is 357 g/mol. The second-order valence-electron chi connectivity index (χ2n) is 7.65. The zero-order valence-electron chi connectivity index (χ0n) is 14.9. The van der Waals surface area contributed by atoms with E-state index in [0.717, 1.165) is 37.9 Å². The first-order chi connectivity index (χ1) is 10.9.